The molecule has 1 amide bonds. The highest BCUT2D eigenvalue weighted by molar-refractivity contribution is 8.01. The van der Waals surface area contributed by atoms with Crippen LogP contribution in [0.5, 0.6) is 0 Å². The van der Waals surface area contributed by atoms with Gasteiger partial charge in [0, 0.05) is 16.1 Å². The Labute approximate surface area is 132 Å². The molecule has 2 aromatic rings. The van der Waals surface area contributed by atoms with Crippen molar-refractivity contribution in [3.05, 3.63) is 59.7 Å². The molecule has 1 aliphatic heterocycles. The second kappa shape index (κ2) is 5.50. The number of aliphatic carboxylic acids is 1. The highest BCUT2D eigenvalue weighted by atomic mass is 32.2. The molecule has 2 aromatic carbocycles. The number of aryl methyl sites for hydroxylation is 1. The Kier molecular flexibility index (Phi) is 3.66. The molecule has 22 heavy (non-hydrogen) atoms. The van der Waals surface area contributed by atoms with Gasteiger partial charge >= 0.3 is 5.97 Å². The van der Waals surface area contributed by atoms with Crippen molar-refractivity contribution < 1.29 is 14.7 Å². The maximum absolute atomic E-state index is 12.6. The summed E-state index contributed by atoms with van der Waals surface area (Å²) < 4.78 is -1.13. The second-order valence-corrected chi connectivity index (χ2v) is 6.68. The Bertz CT molecular complexity index is 742. The van der Waals surface area contributed by atoms with Gasteiger partial charge in [0.15, 0.2) is 0 Å². The predicted molar refractivity (Wildman–Crippen MR) is 86.0 cm³/mol. The number of carboxylic acid groups (broad SMARTS) is 1. The van der Waals surface area contributed by atoms with Crippen LogP contribution in [0.25, 0.3) is 0 Å². The summed E-state index contributed by atoms with van der Waals surface area (Å²) in [5.41, 5.74) is 2.54. The number of benzene rings is 2. The number of para-hydroxylation sites is 1. The minimum absolute atomic E-state index is 0.256. The maximum Gasteiger partial charge on any atom is 0.305 e. The molecule has 1 atom stereocenters. The molecule has 112 valence electrons. The highest BCUT2D eigenvalue weighted by Crippen LogP contribution is 2.51. The van der Waals surface area contributed by atoms with E-state index in [1.54, 1.807) is 6.07 Å². The number of carbonyl (C=O) groups excluding carboxylic acids is 1. The highest BCUT2D eigenvalue weighted by Gasteiger charge is 2.49. The summed E-state index contributed by atoms with van der Waals surface area (Å²) in [6, 6.07) is 15.0. The van der Waals surface area contributed by atoms with Crippen molar-refractivity contribution in [2.45, 2.75) is 23.0 Å². The molecule has 0 fully saturated rings. The van der Waals surface area contributed by atoms with Gasteiger partial charge in [0.05, 0.1) is 6.42 Å². The van der Waals surface area contributed by atoms with Crippen LogP contribution in [-0.2, 0) is 14.3 Å². The third-order valence-corrected chi connectivity index (χ3v) is 5.10. The van der Waals surface area contributed by atoms with Gasteiger partial charge in [-0.25, -0.2) is 0 Å². The third kappa shape index (κ3) is 2.48. The van der Waals surface area contributed by atoms with Crippen LogP contribution in [0.1, 0.15) is 17.5 Å². The van der Waals surface area contributed by atoms with Gasteiger partial charge in [-0.05, 0) is 25.1 Å². The minimum atomic E-state index is -1.13. The lowest BCUT2D eigenvalue weighted by Gasteiger charge is -2.25. The number of hydrogen-bond acceptors (Lipinski definition) is 3. The average molecular weight is 313 g/mol. The number of thioether (sulfide) groups is 1. The lowest BCUT2D eigenvalue weighted by atomic mass is 9.96. The van der Waals surface area contributed by atoms with Crippen LogP contribution in [-0.4, -0.2) is 17.0 Å². The van der Waals surface area contributed by atoms with E-state index in [-0.39, 0.29) is 12.3 Å². The first-order chi connectivity index (χ1) is 10.5. The van der Waals surface area contributed by atoms with Crippen molar-refractivity contribution in [1.82, 2.24) is 0 Å². The molecule has 0 aliphatic carbocycles. The van der Waals surface area contributed by atoms with Gasteiger partial charge in [-0.3, -0.25) is 9.59 Å². The van der Waals surface area contributed by atoms with E-state index in [0.717, 1.165) is 16.0 Å². The normalized spacial score (nSPS) is 19.6. The molecule has 0 saturated carbocycles. The van der Waals surface area contributed by atoms with Gasteiger partial charge in [-0.1, -0.05) is 35.9 Å². The van der Waals surface area contributed by atoms with Gasteiger partial charge in [0.2, 0.25) is 5.91 Å². The summed E-state index contributed by atoms with van der Waals surface area (Å²) >= 11 is 1.29. The molecule has 2 N–H and O–H groups in total. The summed E-state index contributed by atoms with van der Waals surface area (Å²) in [4.78, 5) is 24.8. The Morgan fingerprint density at radius 1 is 1.18 bits per heavy atom. The van der Waals surface area contributed by atoms with E-state index >= 15 is 0 Å². The van der Waals surface area contributed by atoms with Crippen molar-refractivity contribution in [2.75, 3.05) is 5.32 Å². The zero-order valence-corrected chi connectivity index (χ0v) is 12.8. The fraction of sp³-hybridized carbons (Fsp3) is 0.176. The van der Waals surface area contributed by atoms with E-state index in [9.17, 15) is 14.7 Å². The number of carboxylic acids is 1. The van der Waals surface area contributed by atoms with Crippen LogP contribution < -0.4 is 5.32 Å². The molecule has 0 saturated heterocycles. The van der Waals surface area contributed by atoms with Crippen molar-refractivity contribution >= 4 is 29.3 Å². The first kappa shape index (κ1) is 14.7. The number of fused-ring (bicyclic) bond motifs is 1. The van der Waals surface area contributed by atoms with Crippen LogP contribution in [0, 0.1) is 6.92 Å². The lowest BCUT2D eigenvalue weighted by Crippen LogP contribution is -2.33. The summed E-state index contributed by atoms with van der Waals surface area (Å²) in [6.45, 7) is 1.99. The number of nitrogens with one attached hydrogen (secondary N) is 1. The van der Waals surface area contributed by atoms with Gasteiger partial charge in [-0.2, -0.15) is 0 Å². The molecule has 0 spiro atoms. The number of amides is 1. The van der Waals surface area contributed by atoms with Crippen LogP contribution >= 0.6 is 11.8 Å². The van der Waals surface area contributed by atoms with Crippen molar-refractivity contribution in [3.8, 4) is 0 Å². The Balaban J connectivity index is 2.07. The van der Waals surface area contributed by atoms with E-state index in [4.69, 9.17) is 0 Å². The largest absolute Gasteiger partial charge is 0.481 e. The smallest absolute Gasteiger partial charge is 0.305 e. The second-order valence-electron chi connectivity index (χ2n) is 5.31. The molecule has 5 heteroatoms. The van der Waals surface area contributed by atoms with Crippen LogP contribution in [0.2, 0.25) is 0 Å². The first-order valence-electron chi connectivity index (χ1n) is 6.90. The van der Waals surface area contributed by atoms with E-state index < -0.39 is 10.7 Å². The minimum Gasteiger partial charge on any atom is -0.481 e. The molecule has 1 aliphatic rings. The molecule has 0 bridgehead atoms. The molecule has 1 heterocycles. The van der Waals surface area contributed by atoms with Crippen molar-refractivity contribution in [1.29, 1.82) is 0 Å². The Morgan fingerprint density at radius 3 is 2.55 bits per heavy atom. The zero-order valence-electron chi connectivity index (χ0n) is 12.0. The third-order valence-electron chi connectivity index (χ3n) is 3.69. The number of carbonyl (C=O) groups is 2. The fourth-order valence-corrected chi connectivity index (χ4v) is 3.93. The van der Waals surface area contributed by atoms with Crippen molar-refractivity contribution in [3.63, 3.8) is 0 Å². The van der Waals surface area contributed by atoms with Gasteiger partial charge in [-0.15, -0.1) is 11.8 Å². The van der Waals surface area contributed by atoms with E-state index in [1.807, 2.05) is 49.4 Å². The first-order valence-corrected chi connectivity index (χ1v) is 7.71. The van der Waals surface area contributed by atoms with E-state index in [1.165, 1.54) is 11.8 Å². The number of anilines is 1. The Hall–Kier alpha value is -2.27. The van der Waals surface area contributed by atoms with Crippen molar-refractivity contribution in [2.24, 2.45) is 0 Å². The Morgan fingerprint density at radius 2 is 1.86 bits per heavy atom. The van der Waals surface area contributed by atoms with Gasteiger partial charge in [0.25, 0.3) is 0 Å². The van der Waals surface area contributed by atoms with Crippen LogP contribution in [0.15, 0.2) is 53.4 Å². The van der Waals surface area contributed by atoms with E-state index in [2.05, 4.69) is 5.32 Å². The summed E-state index contributed by atoms with van der Waals surface area (Å²) in [5, 5.41) is 12.1. The lowest BCUT2D eigenvalue weighted by molar-refractivity contribution is -0.139. The monoisotopic (exact) mass is 313 g/mol. The maximum atomic E-state index is 12.6. The predicted octanol–water partition coefficient (Wildman–Crippen LogP) is 3.41. The van der Waals surface area contributed by atoms with Crippen LogP contribution in [0.4, 0.5) is 5.69 Å². The topological polar surface area (TPSA) is 66.4 Å². The van der Waals surface area contributed by atoms with E-state index in [0.29, 0.717) is 5.69 Å². The summed E-state index contributed by atoms with van der Waals surface area (Å²) in [5.74, 6) is -1.27. The summed E-state index contributed by atoms with van der Waals surface area (Å²) in [7, 11) is 0. The molecule has 3 rings (SSSR count). The van der Waals surface area contributed by atoms with Gasteiger partial charge < -0.3 is 10.4 Å². The number of hydrogen-bond donors (Lipinski definition) is 2. The fourth-order valence-electron chi connectivity index (χ4n) is 2.62. The molecule has 4 nitrogen and oxygen atoms in total. The molecule has 1 unspecified atom stereocenters. The summed E-state index contributed by atoms with van der Waals surface area (Å²) in [6.07, 6.45) is -0.256. The molecule has 0 aromatic heterocycles. The van der Waals surface area contributed by atoms with Gasteiger partial charge in [0.1, 0.15) is 4.75 Å². The molecular weight excluding hydrogens is 298 g/mol. The quantitative estimate of drug-likeness (QED) is 0.908. The number of rotatable bonds is 4. The average Bonchev–Trinajstić information content (AvgIpc) is 2.74. The SMILES string of the molecule is Cc1ccc(SC2(CC(=O)O)C(=O)Nc3ccccc32)cc1. The van der Waals surface area contributed by atoms with Crippen LogP contribution in [0.3, 0.4) is 0 Å². The standard InChI is InChI=1S/C17H15NO3S/c1-11-6-8-12(9-7-11)22-17(10-15(19)20)13-4-2-3-5-14(13)18-16(17)21/h2-9H,10H2,1H3,(H,18,21)(H,19,20). The zero-order chi connectivity index (χ0) is 15.7. The molecular formula is C17H15NO3S. The molecule has 0 radical (unpaired) electrons.